The van der Waals surface area contributed by atoms with Gasteiger partial charge in [-0.2, -0.15) is 0 Å². The van der Waals surface area contributed by atoms with E-state index in [0.717, 1.165) is 116 Å². The summed E-state index contributed by atoms with van der Waals surface area (Å²) in [5, 5.41) is 12.1. The van der Waals surface area contributed by atoms with Gasteiger partial charge in [0.1, 0.15) is 25.4 Å². The van der Waals surface area contributed by atoms with E-state index in [0.29, 0.717) is 19.3 Å². The van der Waals surface area contributed by atoms with Crippen LogP contribution in [0.5, 0.6) is 0 Å². The zero-order chi connectivity index (χ0) is 53.6. The number of ether oxygens (including phenoxy) is 3. The lowest BCUT2D eigenvalue weighted by Gasteiger charge is -2.34. The highest BCUT2D eigenvalue weighted by atomic mass is 16.6. The molecule has 0 spiro atoms. The van der Waals surface area contributed by atoms with Crippen LogP contribution in [0.4, 0.5) is 0 Å². The summed E-state index contributed by atoms with van der Waals surface area (Å²) in [6.07, 6.45) is 57.8. The molecule has 4 N–H and O–H groups in total. The Kier molecular flexibility index (Phi) is 50.8. The van der Waals surface area contributed by atoms with Crippen molar-refractivity contribution in [3.63, 3.8) is 0 Å². The van der Waals surface area contributed by atoms with E-state index in [9.17, 15) is 29.1 Å². The van der Waals surface area contributed by atoms with Crippen LogP contribution < -0.4 is 11.1 Å². The van der Waals surface area contributed by atoms with Crippen molar-refractivity contribution in [1.82, 2.24) is 5.32 Å². The zero-order valence-corrected chi connectivity index (χ0v) is 47.4. The fourth-order valence-corrected chi connectivity index (χ4v) is 8.76. The molecule has 0 heterocycles. The summed E-state index contributed by atoms with van der Waals surface area (Å²) in [5.74, 6) is -3.60. The Morgan fingerprint density at radius 3 is 0.877 bits per heavy atom. The fraction of sp³-hybridized carbons (Fsp3) is 0.823. The molecule has 0 aromatic heterocycles. The van der Waals surface area contributed by atoms with Crippen molar-refractivity contribution in [2.75, 3.05) is 19.8 Å². The van der Waals surface area contributed by atoms with Crippen LogP contribution in [0, 0.1) is 0 Å². The molecule has 424 valence electrons. The second-order valence-electron chi connectivity index (χ2n) is 21.0. The molecule has 1 amide bonds. The Morgan fingerprint density at radius 2 is 0.630 bits per heavy atom. The van der Waals surface area contributed by atoms with Gasteiger partial charge in [-0.15, -0.1) is 0 Å². The number of hydrogen-bond donors (Lipinski definition) is 3. The van der Waals surface area contributed by atoms with Crippen molar-refractivity contribution < 1.29 is 43.3 Å². The molecule has 0 radical (unpaired) electrons. The van der Waals surface area contributed by atoms with E-state index in [2.05, 4.69) is 62.5 Å². The normalized spacial score (nSPS) is 12.3. The largest absolute Gasteiger partial charge is 0.481 e. The zero-order valence-electron chi connectivity index (χ0n) is 47.4. The summed E-state index contributed by atoms with van der Waals surface area (Å²) in [4.78, 5) is 64.3. The minimum absolute atomic E-state index is 0.158. The van der Waals surface area contributed by atoms with Crippen molar-refractivity contribution in [2.24, 2.45) is 5.73 Å². The monoisotopic (exact) mass is 1030 g/mol. The van der Waals surface area contributed by atoms with Crippen molar-refractivity contribution in [3.8, 4) is 0 Å². The molecule has 0 aromatic rings. The molecule has 11 heteroatoms. The van der Waals surface area contributed by atoms with Crippen molar-refractivity contribution in [2.45, 2.75) is 308 Å². The van der Waals surface area contributed by atoms with E-state index in [4.69, 9.17) is 19.9 Å². The molecule has 0 saturated carbocycles. The molecule has 73 heavy (non-hydrogen) atoms. The molecule has 0 aliphatic heterocycles. The average Bonchev–Trinajstić information content (AvgIpc) is 3.37. The third-order valence-electron chi connectivity index (χ3n) is 13.6. The predicted molar refractivity (Wildman–Crippen MR) is 302 cm³/mol. The van der Waals surface area contributed by atoms with Crippen molar-refractivity contribution >= 4 is 29.8 Å². The molecule has 0 aliphatic rings. The van der Waals surface area contributed by atoms with Crippen LogP contribution in [0.25, 0.3) is 0 Å². The number of rotatable bonds is 55. The molecule has 0 fully saturated rings. The minimum atomic E-state index is -1.68. The first-order valence-corrected chi connectivity index (χ1v) is 30.3. The highest BCUT2D eigenvalue weighted by Gasteiger charge is 2.39. The quantitative estimate of drug-likeness (QED) is 0.0230. The van der Waals surface area contributed by atoms with Crippen LogP contribution in [-0.2, 0) is 38.2 Å². The first kappa shape index (κ1) is 69.5. The van der Waals surface area contributed by atoms with E-state index >= 15 is 0 Å². The average molecular weight is 1030 g/mol. The van der Waals surface area contributed by atoms with Gasteiger partial charge in [-0.3, -0.25) is 24.0 Å². The summed E-state index contributed by atoms with van der Waals surface area (Å²) in [6.45, 7) is 5.36. The first-order valence-electron chi connectivity index (χ1n) is 30.3. The van der Waals surface area contributed by atoms with Gasteiger partial charge < -0.3 is 30.4 Å². The van der Waals surface area contributed by atoms with Gasteiger partial charge in [0.15, 0.2) is 0 Å². The summed E-state index contributed by atoms with van der Waals surface area (Å²) >= 11 is 0. The lowest BCUT2D eigenvalue weighted by molar-refractivity contribution is -0.159. The molecule has 0 rings (SSSR count). The highest BCUT2D eigenvalue weighted by Crippen LogP contribution is 2.17. The van der Waals surface area contributed by atoms with Gasteiger partial charge in [-0.05, 0) is 96.3 Å². The SMILES string of the molecule is CCCCCCCC/C=C\CCCCCCCC(=O)OCC(COC(=O)CCCCCCC/C=C\CCCCCCCC)(COC(=O)CCCCCCC/C=C\CCCCCCCC)NC(=O)[C@@H](N)CC(=O)O. The van der Waals surface area contributed by atoms with Crippen LogP contribution in [0.1, 0.15) is 297 Å². The standard InChI is InChI=1S/C62H112N2O9/c1-4-7-10-13-16-19-22-25-28-31-34-37-40-43-46-49-58(67)71-53-62(64-61(70)56(63)52-57(65)66,54-72-59(68)50-47-44-41-38-35-32-29-26-23-20-17-14-11-8-5-2)55-73-60(69)51-48-45-42-39-36-33-30-27-24-21-18-15-12-9-6-3/h25-30,56H,4-24,31-55,63H2,1-3H3,(H,64,70)(H,65,66)/b28-25-,29-26-,30-27-/t56-/m0/s1. The summed E-state index contributed by atoms with van der Waals surface area (Å²) < 4.78 is 17.2. The number of hydrogen-bond acceptors (Lipinski definition) is 9. The minimum Gasteiger partial charge on any atom is -0.481 e. The second-order valence-corrected chi connectivity index (χ2v) is 21.0. The molecule has 11 nitrogen and oxygen atoms in total. The van der Waals surface area contributed by atoms with Gasteiger partial charge in [0.25, 0.3) is 0 Å². The first-order chi connectivity index (χ1) is 35.6. The van der Waals surface area contributed by atoms with Gasteiger partial charge in [0.2, 0.25) is 5.91 Å². The molecule has 1 atom stereocenters. The molecule has 0 unspecified atom stereocenters. The van der Waals surface area contributed by atoms with E-state index in [1.54, 1.807) is 0 Å². The Hall–Kier alpha value is -3.47. The number of carbonyl (C=O) groups is 5. The van der Waals surface area contributed by atoms with Gasteiger partial charge >= 0.3 is 23.9 Å². The van der Waals surface area contributed by atoms with Gasteiger partial charge in [-0.25, -0.2) is 0 Å². The second kappa shape index (κ2) is 53.4. The number of nitrogens with two attached hydrogens (primary N) is 1. The number of carboxylic acid groups (broad SMARTS) is 1. The maximum Gasteiger partial charge on any atom is 0.305 e. The smallest absolute Gasteiger partial charge is 0.305 e. The maximum atomic E-state index is 13.4. The lowest BCUT2D eigenvalue weighted by atomic mass is 10.0. The summed E-state index contributed by atoms with van der Waals surface area (Å²) in [6, 6.07) is -1.44. The van der Waals surface area contributed by atoms with Crippen LogP contribution in [-0.4, -0.2) is 66.3 Å². The number of aliphatic carboxylic acids is 1. The third kappa shape index (κ3) is 49.2. The van der Waals surface area contributed by atoms with Crippen LogP contribution >= 0.6 is 0 Å². The highest BCUT2D eigenvalue weighted by molar-refractivity contribution is 5.86. The number of unbranched alkanes of at least 4 members (excludes halogenated alkanes) is 33. The summed E-state index contributed by atoms with van der Waals surface area (Å²) in [5.41, 5.74) is 4.30. The third-order valence-corrected chi connectivity index (χ3v) is 13.6. The predicted octanol–water partition coefficient (Wildman–Crippen LogP) is 16.4. The summed E-state index contributed by atoms with van der Waals surface area (Å²) in [7, 11) is 0. The van der Waals surface area contributed by atoms with Crippen LogP contribution in [0.2, 0.25) is 0 Å². The van der Waals surface area contributed by atoms with Crippen LogP contribution in [0.3, 0.4) is 0 Å². The number of amides is 1. The van der Waals surface area contributed by atoms with Gasteiger partial charge in [0.05, 0.1) is 12.5 Å². The number of carboxylic acids is 1. The van der Waals surface area contributed by atoms with Crippen LogP contribution in [0.15, 0.2) is 36.5 Å². The molecular formula is C62H112N2O9. The molecule has 0 saturated heterocycles. The maximum absolute atomic E-state index is 13.4. The number of esters is 3. The Bertz CT molecular complexity index is 1280. The van der Waals surface area contributed by atoms with Gasteiger partial charge in [-0.1, -0.05) is 211 Å². The van der Waals surface area contributed by atoms with E-state index in [1.807, 2.05) is 0 Å². The van der Waals surface area contributed by atoms with E-state index < -0.39 is 67.6 Å². The Labute approximate surface area is 447 Å². The number of nitrogens with one attached hydrogen (secondary N) is 1. The number of carbonyl (C=O) groups excluding carboxylic acids is 4. The topological polar surface area (TPSA) is 171 Å². The van der Waals surface area contributed by atoms with Crippen molar-refractivity contribution in [3.05, 3.63) is 36.5 Å². The molecule has 0 aliphatic carbocycles. The molecular weight excluding hydrogens is 917 g/mol. The number of allylic oxidation sites excluding steroid dienone is 6. The van der Waals surface area contributed by atoms with Gasteiger partial charge in [0, 0.05) is 19.3 Å². The van der Waals surface area contributed by atoms with Crippen molar-refractivity contribution in [1.29, 1.82) is 0 Å². The molecule has 0 aromatic carbocycles. The molecule has 0 bridgehead atoms. The van der Waals surface area contributed by atoms with E-state index in [1.165, 1.54) is 116 Å². The van der Waals surface area contributed by atoms with E-state index in [-0.39, 0.29) is 19.3 Å². The lowest BCUT2D eigenvalue weighted by Crippen LogP contribution is -2.62. The fourth-order valence-electron chi connectivity index (χ4n) is 8.76. The Balaban J connectivity index is 5.28. The Morgan fingerprint density at radius 1 is 0.397 bits per heavy atom.